The Morgan fingerprint density at radius 1 is 1.38 bits per heavy atom. The predicted octanol–water partition coefficient (Wildman–Crippen LogP) is 2.17. The third-order valence-corrected chi connectivity index (χ3v) is 2.09. The predicted molar refractivity (Wildman–Crippen MR) is 54.6 cm³/mol. The molecule has 0 unspecified atom stereocenters. The number of hydrogen-bond donors (Lipinski definition) is 2. The zero-order valence-corrected chi connectivity index (χ0v) is 7.55. The fourth-order valence-corrected chi connectivity index (χ4v) is 1.51. The molecule has 3 nitrogen and oxygen atoms in total. The van der Waals surface area contributed by atoms with Gasteiger partial charge in [0.1, 0.15) is 0 Å². The number of pyridine rings is 1. The first-order chi connectivity index (χ1) is 6.31. The highest BCUT2D eigenvalue weighted by Crippen LogP contribution is 2.26. The number of nitrogen functional groups attached to an aromatic ring is 1. The summed E-state index contributed by atoms with van der Waals surface area (Å²) in [6.07, 6.45) is 3.47. The normalized spacial score (nSPS) is 10.3. The van der Waals surface area contributed by atoms with Crippen LogP contribution in [0.1, 0.15) is 0 Å². The van der Waals surface area contributed by atoms with E-state index in [9.17, 15) is 0 Å². The minimum Gasteiger partial charge on any atom is -0.323 e. The van der Waals surface area contributed by atoms with E-state index in [2.05, 4.69) is 10.4 Å². The molecule has 1 aromatic carbocycles. The van der Waals surface area contributed by atoms with Gasteiger partial charge in [0, 0.05) is 22.8 Å². The topological polar surface area (TPSA) is 50.9 Å². The highest BCUT2D eigenvalue weighted by Gasteiger charge is 2.00. The Kier molecular flexibility index (Phi) is 2.04. The molecule has 0 spiro atoms. The van der Waals surface area contributed by atoms with Crippen LogP contribution in [0.2, 0.25) is 5.02 Å². The molecule has 4 heteroatoms. The molecule has 0 saturated heterocycles. The maximum Gasteiger partial charge on any atom is 0.0593 e. The van der Waals surface area contributed by atoms with Crippen LogP contribution in [-0.4, -0.2) is 4.98 Å². The summed E-state index contributed by atoms with van der Waals surface area (Å²) in [6, 6.07) is 5.53. The lowest BCUT2D eigenvalue weighted by atomic mass is 10.1. The Balaban J connectivity index is 2.81. The largest absolute Gasteiger partial charge is 0.323 e. The molecule has 0 saturated carbocycles. The monoisotopic (exact) mass is 193 g/mol. The molecular weight excluding hydrogens is 186 g/mol. The Hall–Kier alpha value is -1.32. The van der Waals surface area contributed by atoms with Crippen molar-refractivity contribution in [2.75, 3.05) is 5.43 Å². The number of nitrogens with one attached hydrogen (secondary N) is 1. The van der Waals surface area contributed by atoms with Crippen molar-refractivity contribution < 1.29 is 0 Å². The number of rotatable bonds is 1. The molecule has 0 aliphatic carbocycles. The number of halogens is 1. The van der Waals surface area contributed by atoms with Crippen LogP contribution < -0.4 is 11.3 Å². The van der Waals surface area contributed by atoms with Crippen molar-refractivity contribution in [3.63, 3.8) is 0 Å². The maximum absolute atomic E-state index is 5.89. The van der Waals surface area contributed by atoms with Gasteiger partial charge in [-0.15, -0.1) is 0 Å². The molecule has 2 aromatic rings. The average molecular weight is 194 g/mol. The van der Waals surface area contributed by atoms with Crippen molar-refractivity contribution in [3.05, 3.63) is 35.6 Å². The summed E-state index contributed by atoms with van der Waals surface area (Å²) >= 11 is 5.89. The number of benzene rings is 1. The van der Waals surface area contributed by atoms with Crippen LogP contribution in [0.5, 0.6) is 0 Å². The molecule has 3 N–H and O–H groups in total. The third-order valence-electron chi connectivity index (χ3n) is 1.88. The molecular formula is C9H8ClN3. The number of nitrogens with zero attached hydrogens (tertiary/aromatic N) is 1. The van der Waals surface area contributed by atoms with Gasteiger partial charge in [-0.2, -0.15) is 0 Å². The summed E-state index contributed by atoms with van der Waals surface area (Å²) < 4.78 is 0. The first-order valence-electron chi connectivity index (χ1n) is 3.81. The number of hydrogen-bond acceptors (Lipinski definition) is 3. The van der Waals surface area contributed by atoms with Crippen LogP contribution in [0.3, 0.4) is 0 Å². The van der Waals surface area contributed by atoms with Gasteiger partial charge in [-0.25, -0.2) is 0 Å². The van der Waals surface area contributed by atoms with Crippen LogP contribution in [0, 0.1) is 0 Å². The van der Waals surface area contributed by atoms with Crippen molar-refractivity contribution in [2.45, 2.75) is 0 Å². The van der Waals surface area contributed by atoms with E-state index >= 15 is 0 Å². The van der Waals surface area contributed by atoms with Gasteiger partial charge in [-0.05, 0) is 23.6 Å². The first kappa shape index (κ1) is 8.29. The Morgan fingerprint density at radius 2 is 2.23 bits per heavy atom. The van der Waals surface area contributed by atoms with E-state index in [1.807, 2.05) is 12.1 Å². The van der Waals surface area contributed by atoms with Crippen LogP contribution in [0.25, 0.3) is 10.8 Å². The van der Waals surface area contributed by atoms with E-state index in [4.69, 9.17) is 17.4 Å². The summed E-state index contributed by atoms with van der Waals surface area (Å²) in [5.41, 5.74) is 3.37. The van der Waals surface area contributed by atoms with Gasteiger partial charge in [0.2, 0.25) is 0 Å². The minimum atomic E-state index is 0.659. The van der Waals surface area contributed by atoms with Gasteiger partial charge in [-0.1, -0.05) is 11.6 Å². The molecule has 1 aromatic heterocycles. The van der Waals surface area contributed by atoms with E-state index in [0.717, 1.165) is 16.5 Å². The second-order valence-corrected chi connectivity index (χ2v) is 3.13. The number of anilines is 1. The SMILES string of the molecule is NNc1cc(Cl)cc2ccncc12. The van der Waals surface area contributed by atoms with Crippen LogP contribution in [0.4, 0.5) is 5.69 Å². The second kappa shape index (κ2) is 3.20. The minimum absolute atomic E-state index is 0.659. The van der Waals surface area contributed by atoms with Crippen LogP contribution >= 0.6 is 11.6 Å². The summed E-state index contributed by atoms with van der Waals surface area (Å²) in [5, 5.41) is 2.65. The smallest absolute Gasteiger partial charge is 0.0593 e. The average Bonchev–Trinajstić information content (AvgIpc) is 2.16. The molecule has 66 valence electrons. The summed E-state index contributed by atoms with van der Waals surface area (Å²) in [6.45, 7) is 0. The van der Waals surface area contributed by atoms with Gasteiger partial charge < -0.3 is 5.43 Å². The van der Waals surface area contributed by atoms with E-state index in [0.29, 0.717) is 5.02 Å². The highest BCUT2D eigenvalue weighted by molar-refractivity contribution is 6.31. The Labute approximate surface area is 80.5 Å². The third kappa shape index (κ3) is 1.43. The lowest BCUT2D eigenvalue weighted by molar-refractivity contribution is 1.33. The van der Waals surface area contributed by atoms with Gasteiger partial charge in [0.05, 0.1) is 5.69 Å². The van der Waals surface area contributed by atoms with Crippen molar-refractivity contribution >= 4 is 28.1 Å². The Bertz CT molecular complexity index is 442. The van der Waals surface area contributed by atoms with Crippen LogP contribution in [-0.2, 0) is 0 Å². The molecule has 0 bridgehead atoms. The molecule has 0 radical (unpaired) electrons. The van der Waals surface area contributed by atoms with Crippen molar-refractivity contribution in [2.24, 2.45) is 5.84 Å². The number of fused-ring (bicyclic) bond motifs is 1. The summed E-state index contributed by atoms with van der Waals surface area (Å²) in [7, 11) is 0. The summed E-state index contributed by atoms with van der Waals surface area (Å²) in [4.78, 5) is 4.01. The van der Waals surface area contributed by atoms with Crippen molar-refractivity contribution in [1.82, 2.24) is 4.98 Å². The quantitative estimate of drug-likeness (QED) is 0.539. The molecule has 2 rings (SSSR count). The number of aromatic nitrogens is 1. The van der Waals surface area contributed by atoms with Gasteiger partial charge in [0.15, 0.2) is 0 Å². The lowest BCUT2D eigenvalue weighted by Crippen LogP contribution is -2.07. The standard InChI is InChI=1S/C9H8ClN3/c10-7-3-6-1-2-12-5-8(6)9(4-7)13-11/h1-5,13H,11H2. The van der Waals surface area contributed by atoms with E-state index in [1.54, 1.807) is 18.5 Å². The van der Waals surface area contributed by atoms with Gasteiger partial charge >= 0.3 is 0 Å². The maximum atomic E-state index is 5.89. The van der Waals surface area contributed by atoms with E-state index in [1.165, 1.54) is 0 Å². The zero-order chi connectivity index (χ0) is 9.26. The Morgan fingerprint density at radius 3 is 3.00 bits per heavy atom. The fraction of sp³-hybridized carbons (Fsp3) is 0. The molecule has 13 heavy (non-hydrogen) atoms. The molecule has 0 fully saturated rings. The second-order valence-electron chi connectivity index (χ2n) is 2.69. The fourth-order valence-electron chi connectivity index (χ4n) is 1.28. The number of hydrazine groups is 1. The van der Waals surface area contributed by atoms with Crippen LogP contribution in [0.15, 0.2) is 30.6 Å². The number of nitrogens with two attached hydrogens (primary N) is 1. The molecule has 0 aliphatic rings. The molecule has 1 heterocycles. The lowest BCUT2D eigenvalue weighted by Gasteiger charge is -2.05. The molecule has 0 aliphatic heterocycles. The van der Waals surface area contributed by atoms with Gasteiger partial charge in [-0.3, -0.25) is 10.8 Å². The van der Waals surface area contributed by atoms with Crippen molar-refractivity contribution in [3.8, 4) is 0 Å². The van der Waals surface area contributed by atoms with E-state index in [-0.39, 0.29) is 0 Å². The summed E-state index contributed by atoms with van der Waals surface area (Å²) in [5.74, 6) is 5.35. The molecule has 0 amide bonds. The first-order valence-corrected chi connectivity index (χ1v) is 4.19. The highest BCUT2D eigenvalue weighted by atomic mass is 35.5. The molecule has 0 atom stereocenters. The van der Waals surface area contributed by atoms with E-state index < -0.39 is 0 Å². The van der Waals surface area contributed by atoms with Crippen molar-refractivity contribution in [1.29, 1.82) is 0 Å². The zero-order valence-electron chi connectivity index (χ0n) is 6.79. The van der Waals surface area contributed by atoms with Gasteiger partial charge in [0.25, 0.3) is 0 Å².